The first-order valence-electron chi connectivity index (χ1n) is 6.54. The zero-order chi connectivity index (χ0) is 15.4. The highest BCUT2D eigenvalue weighted by molar-refractivity contribution is 7.99. The minimum atomic E-state index is -2.49. The largest absolute Gasteiger partial charge is 0.481 e. The van der Waals surface area contributed by atoms with Crippen LogP contribution in [-0.4, -0.2) is 28.8 Å². The monoisotopic (exact) mass is 315 g/mol. The molecule has 0 unspecified atom stereocenters. The van der Waals surface area contributed by atoms with Crippen LogP contribution in [0.3, 0.4) is 0 Å². The molecule has 114 valence electrons. The third-order valence-electron chi connectivity index (χ3n) is 3.46. The SMILES string of the molecule is O=C(N[C@@H]1CC[C@H](C(=O)O)C1)c1ccc(SC(F)F)cc1. The Labute approximate surface area is 124 Å². The molecule has 7 heteroatoms. The van der Waals surface area contributed by atoms with Gasteiger partial charge in [0.05, 0.1) is 5.92 Å². The molecule has 0 heterocycles. The molecule has 1 aromatic carbocycles. The van der Waals surface area contributed by atoms with Gasteiger partial charge in [-0.2, -0.15) is 8.78 Å². The summed E-state index contributed by atoms with van der Waals surface area (Å²) in [6, 6.07) is 5.78. The normalized spacial score (nSPS) is 21.5. The summed E-state index contributed by atoms with van der Waals surface area (Å²) >= 11 is 0.425. The second kappa shape index (κ2) is 6.89. The van der Waals surface area contributed by atoms with Crippen molar-refractivity contribution in [1.29, 1.82) is 0 Å². The molecule has 0 spiro atoms. The summed E-state index contributed by atoms with van der Waals surface area (Å²) in [5.41, 5.74) is 0.382. The Balaban J connectivity index is 1.90. The molecule has 1 aliphatic rings. The first kappa shape index (κ1) is 15.8. The van der Waals surface area contributed by atoms with E-state index in [-0.39, 0.29) is 11.9 Å². The smallest absolute Gasteiger partial charge is 0.306 e. The molecule has 0 aliphatic heterocycles. The number of halogens is 2. The Morgan fingerprint density at radius 1 is 1.24 bits per heavy atom. The van der Waals surface area contributed by atoms with Crippen molar-refractivity contribution >= 4 is 23.6 Å². The Morgan fingerprint density at radius 2 is 1.90 bits per heavy atom. The highest BCUT2D eigenvalue weighted by Gasteiger charge is 2.30. The zero-order valence-corrected chi connectivity index (χ0v) is 11.9. The molecule has 2 N–H and O–H groups in total. The lowest BCUT2D eigenvalue weighted by Crippen LogP contribution is -2.33. The van der Waals surface area contributed by atoms with Crippen LogP contribution in [0.25, 0.3) is 0 Å². The number of carbonyl (C=O) groups is 2. The minimum Gasteiger partial charge on any atom is -0.481 e. The number of nitrogens with one attached hydrogen (secondary N) is 1. The van der Waals surface area contributed by atoms with E-state index in [4.69, 9.17) is 5.11 Å². The topological polar surface area (TPSA) is 66.4 Å². The molecule has 1 amide bonds. The molecule has 0 saturated heterocycles. The maximum Gasteiger partial charge on any atom is 0.306 e. The van der Waals surface area contributed by atoms with Crippen molar-refractivity contribution in [1.82, 2.24) is 5.32 Å². The van der Waals surface area contributed by atoms with Crippen LogP contribution in [0.2, 0.25) is 0 Å². The van der Waals surface area contributed by atoms with E-state index in [1.807, 2.05) is 0 Å². The molecule has 1 aliphatic carbocycles. The van der Waals surface area contributed by atoms with Gasteiger partial charge in [0.25, 0.3) is 11.7 Å². The lowest BCUT2D eigenvalue weighted by molar-refractivity contribution is -0.141. The Kier molecular flexibility index (Phi) is 5.17. The van der Waals surface area contributed by atoms with E-state index in [1.165, 1.54) is 24.3 Å². The van der Waals surface area contributed by atoms with Gasteiger partial charge >= 0.3 is 5.97 Å². The highest BCUT2D eigenvalue weighted by Crippen LogP contribution is 2.27. The molecule has 1 aromatic rings. The van der Waals surface area contributed by atoms with Crippen LogP contribution in [0, 0.1) is 5.92 Å². The minimum absolute atomic E-state index is 0.145. The van der Waals surface area contributed by atoms with E-state index in [9.17, 15) is 18.4 Å². The molecule has 21 heavy (non-hydrogen) atoms. The highest BCUT2D eigenvalue weighted by atomic mass is 32.2. The van der Waals surface area contributed by atoms with E-state index in [0.29, 0.717) is 41.5 Å². The zero-order valence-electron chi connectivity index (χ0n) is 11.1. The van der Waals surface area contributed by atoms with E-state index in [1.54, 1.807) is 0 Å². The van der Waals surface area contributed by atoms with E-state index in [2.05, 4.69) is 5.32 Å². The van der Waals surface area contributed by atoms with Gasteiger partial charge < -0.3 is 10.4 Å². The number of aliphatic carboxylic acids is 1. The van der Waals surface area contributed by atoms with Gasteiger partial charge in [0.1, 0.15) is 0 Å². The lowest BCUT2D eigenvalue weighted by Gasteiger charge is -2.12. The molecule has 4 nitrogen and oxygen atoms in total. The maximum atomic E-state index is 12.2. The van der Waals surface area contributed by atoms with Crippen molar-refractivity contribution in [3.8, 4) is 0 Å². The first-order valence-corrected chi connectivity index (χ1v) is 7.42. The number of hydrogen-bond acceptors (Lipinski definition) is 3. The van der Waals surface area contributed by atoms with Crippen molar-refractivity contribution in [3.05, 3.63) is 29.8 Å². The quantitative estimate of drug-likeness (QED) is 0.820. The predicted molar refractivity (Wildman–Crippen MR) is 74.5 cm³/mol. The summed E-state index contributed by atoms with van der Waals surface area (Å²) in [4.78, 5) is 23.2. The summed E-state index contributed by atoms with van der Waals surface area (Å²) in [6.45, 7) is 0. The third kappa shape index (κ3) is 4.42. The molecule has 0 aromatic heterocycles. The van der Waals surface area contributed by atoms with Gasteiger partial charge in [-0.15, -0.1) is 0 Å². The van der Waals surface area contributed by atoms with Gasteiger partial charge in [-0.3, -0.25) is 9.59 Å². The van der Waals surface area contributed by atoms with Crippen molar-refractivity contribution in [2.45, 2.75) is 36.0 Å². The van der Waals surface area contributed by atoms with Gasteiger partial charge in [0, 0.05) is 16.5 Å². The molecule has 1 saturated carbocycles. The van der Waals surface area contributed by atoms with E-state index >= 15 is 0 Å². The third-order valence-corrected chi connectivity index (χ3v) is 4.18. The average Bonchev–Trinajstić information content (AvgIpc) is 2.87. The Morgan fingerprint density at radius 3 is 2.43 bits per heavy atom. The van der Waals surface area contributed by atoms with Crippen LogP contribution in [0.5, 0.6) is 0 Å². The summed E-state index contributed by atoms with van der Waals surface area (Å²) in [5, 5.41) is 11.7. The summed E-state index contributed by atoms with van der Waals surface area (Å²) in [7, 11) is 0. The molecular formula is C14H15F2NO3S. The Bertz CT molecular complexity index is 521. The van der Waals surface area contributed by atoms with Crippen LogP contribution < -0.4 is 5.32 Å². The van der Waals surface area contributed by atoms with Crippen LogP contribution in [0.15, 0.2) is 29.2 Å². The van der Waals surface area contributed by atoms with Gasteiger partial charge in [0.2, 0.25) is 0 Å². The number of hydrogen-bond donors (Lipinski definition) is 2. The number of amides is 1. The lowest BCUT2D eigenvalue weighted by atomic mass is 10.1. The molecule has 0 radical (unpaired) electrons. The summed E-state index contributed by atoms with van der Waals surface area (Å²) in [6.07, 6.45) is 1.63. The number of carbonyl (C=O) groups excluding carboxylic acids is 1. The standard InChI is InChI=1S/C14H15F2NO3S/c15-14(16)21-11-5-2-8(3-6-11)12(18)17-10-4-1-9(7-10)13(19)20/h2-3,5-6,9-10,14H,1,4,7H2,(H,17,18)(H,19,20)/t9-,10+/m0/s1. The van der Waals surface area contributed by atoms with Crippen molar-refractivity contribution < 1.29 is 23.5 Å². The fraction of sp³-hybridized carbons (Fsp3) is 0.429. The number of carboxylic acid groups (broad SMARTS) is 1. The van der Waals surface area contributed by atoms with Crippen molar-refractivity contribution in [2.24, 2.45) is 5.92 Å². The summed E-state index contributed by atoms with van der Waals surface area (Å²) < 4.78 is 24.4. The van der Waals surface area contributed by atoms with Crippen LogP contribution in [0.4, 0.5) is 8.78 Å². The molecule has 2 atom stereocenters. The van der Waals surface area contributed by atoms with E-state index in [0.717, 1.165) is 0 Å². The first-order chi connectivity index (χ1) is 9.95. The Hall–Kier alpha value is -1.63. The number of carboxylic acids is 1. The van der Waals surface area contributed by atoms with Gasteiger partial charge in [-0.25, -0.2) is 0 Å². The van der Waals surface area contributed by atoms with E-state index < -0.39 is 17.6 Å². The van der Waals surface area contributed by atoms with Crippen molar-refractivity contribution in [2.75, 3.05) is 0 Å². The van der Waals surface area contributed by atoms with Gasteiger partial charge in [-0.05, 0) is 43.5 Å². The van der Waals surface area contributed by atoms with Gasteiger partial charge in [-0.1, -0.05) is 11.8 Å². The predicted octanol–water partition coefficient (Wildman–Crippen LogP) is 2.98. The van der Waals surface area contributed by atoms with Crippen LogP contribution in [-0.2, 0) is 4.79 Å². The fourth-order valence-corrected chi connectivity index (χ4v) is 2.89. The fourth-order valence-electron chi connectivity index (χ4n) is 2.39. The molecule has 2 rings (SSSR count). The molecule has 0 bridgehead atoms. The second-order valence-electron chi connectivity index (χ2n) is 4.92. The average molecular weight is 315 g/mol. The summed E-state index contributed by atoms with van der Waals surface area (Å²) in [5.74, 6) is -4.03. The number of thioether (sulfide) groups is 1. The number of benzene rings is 1. The number of alkyl halides is 2. The van der Waals surface area contributed by atoms with Crippen molar-refractivity contribution in [3.63, 3.8) is 0 Å². The number of rotatable bonds is 5. The maximum absolute atomic E-state index is 12.2. The molecule has 1 fully saturated rings. The molecular weight excluding hydrogens is 300 g/mol. The van der Waals surface area contributed by atoms with Crippen LogP contribution >= 0.6 is 11.8 Å². The second-order valence-corrected chi connectivity index (χ2v) is 5.98. The van der Waals surface area contributed by atoms with Crippen LogP contribution in [0.1, 0.15) is 29.6 Å². The van der Waals surface area contributed by atoms with Gasteiger partial charge in [0.15, 0.2) is 0 Å².